The number of carbonyl (C=O) groups is 1. The van der Waals surface area contributed by atoms with Crippen molar-refractivity contribution in [1.82, 2.24) is 10.2 Å². The van der Waals surface area contributed by atoms with Crippen molar-refractivity contribution in [1.29, 1.82) is 0 Å². The van der Waals surface area contributed by atoms with Crippen LogP contribution in [0.3, 0.4) is 0 Å². The fourth-order valence-corrected chi connectivity index (χ4v) is 3.82. The van der Waals surface area contributed by atoms with Gasteiger partial charge in [0.05, 0.1) is 4.88 Å². The van der Waals surface area contributed by atoms with E-state index in [4.69, 9.17) is 0 Å². The van der Waals surface area contributed by atoms with Crippen molar-refractivity contribution in [3.8, 4) is 0 Å². The molecule has 24 heavy (non-hydrogen) atoms. The largest absolute Gasteiger partial charge is 0.369 e. The molecule has 0 aliphatic carbocycles. The van der Waals surface area contributed by atoms with E-state index in [1.807, 2.05) is 19.1 Å². The maximum Gasteiger partial charge on any atom is 0.261 e. The summed E-state index contributed by atoms with van der Waals surface area (Å²) in [6.07, 6.45) is 0.860. The van der Waals surface area contributed by atoms with E-state index in [2.05, 4.69) is 46.4 Å². The van der Waals surface area contributed by atoms with Crippen LogP contribution in [0.15, 0.2) is 36.4 Å². The Balaban J connectivity index is 1.58. The van der Waals surface area contributed by atoms with E-state index < -0.39 is 0 Å². The van der Waals surface area contributed by atoms with Crippen LogP contribution in [0.25, 0.3) is 0 Å². The molecule has 3 rings (SSSR count). The fraction of sp³-hybridized carbons (Fsp3) is 0.421. The lowest BCUT2D eigenvalue weighted by Gasteiger charge is -2.35. The number of nitrogens with one attached hydrogen (secondary N) is 1. The van der Waals surface area contributed by atoms with Crippen molar-refractivity contribution in [3.05, 3.63) is 51.7 Å². The van der Waals surface area contributed by atoms with Gasteiger partial charge in [-0.1, -0.05) is 18.2 Å². The normalized spacial score (nSPS) is 15.5. The molecule has 1 fully saturated rings. The third-order valence-electron chi connectivity index (χ3n) is 4.48. The second kappa shape index (κ2) is 7.81. The molecule has 0 unspecified atom stereocenters. The van der Waals surface area contributed by atoms with Gasteiger partial charge >= 0.3 is 0 Å². The van der Waals surface area contributed by atoms with Crippen LogP contribution >= 0.6 is 11.3 Å². The van der Waals surface area contributed by atoms with Gasteiger partial charge in [0.2, 0.25) is 0 Å². The number of carbonyl (C=O) groups excluding carboxylic acids is 1. The van der Waals surface area contributed by atoms with Crippen LogP contribution in [0.2, 0.25) is 0 Å². The number of nitrogens with zero attached hydrogens (tertiary/aromatic N) is 2. The van der Waals surface area contributed by atoms with Gasteiger partial charge in [-0.15, -0.1) is 11.3 Å². The first-order valence-corrected chi connectivity index (χ1v) is 9.31. The average molecular weight is 343 g/mol. The Morgan fingerprint density at radius 1 is 1.12 bits per heavy atom. The second-order valence-corrected chi connectivity index (χ2v) is 7.62. The highest BCUT2D eigenvalue weighted by Crippen LogP contribution is 2.22. The Hall–Kier alpha value is -1.85. The SMILES string of the molecule is Cc1ccc(C(=O)NCCc2ccccc2N2CCN(C)CC2)s1. The summed E-state index contributed by atoms with van der Waals surface area (Å²) in [4.78, 5) is 18.9. The van der Waals surface area contributed by atoms with Gasteiger partial charge in [0.25, 0.3) is 5.91 Å². The monoisotopic (exact) mass is 343 g/mol. The minimum absolute atomic E-state index is 0.0326. The van der Waals surface area contributed by atoms with E-state index in [0.29, 0.717) is 6.54 Å². The van der Waals surface area contributed by atoms with Crippen LogP contribution in [-0.2, 0) is 6.42 Å². The molecule has 5 heteroatoms. The quantitative estimate of drug-likeness (QED) is 0.907. The molecule has 4 nitrogen and oxygen atoms in total. The average Bonchev–Trinajstić information content (AvgIpc) is 3.03. The molecule has 1 aliphatic heterocycles. The van der Waals surface area contributed by atoms with Crippen LogP contribution in [0.5, 0.6) is 0 Å². The predicted octanol–water partition coefficient (Wildman–Crippen LogP) is 2.78. The van der Waals surface area contributed by atoms with E-state index in [9.17, 15) is 4.79 Å². The van der Waals surface area contributed by atoms with Crippen molar-refractivity contribution >= 4 is 22.9 Å². The standard InChI is InChI=1S/C19H25N3OS/c1-15-7-8-18(24-15)19(23)20-10-9-16-5-3-4-6-17(16)22-13-11-21(2)12-14-22/h3-8H,9-14H2,1-2H3,(H,20,23). The molecule has 2 heterocycles. The molecule has 0 saturated carbocycles. The lowest BCUT2D eigenvalue weighted by atomic mass is 10.1. The van der Waals surface area contributed by atoms with Crippen LogP contribution in [0.1, 0.15) is 20.1 Å². The van der Waals surface area contributed by atoms with Crippen LogP contribution < -0.4 is 10.2 Å². The molecule has 1 aromatic carbocycles. The van der Waals surface area contributed by atoms with Crippen molar-refractivity contribution in [2.24, 2.45) is 0 Å². The van der Waals surface area contributed by atoms with Gasteiger partial charge in [-0.05, 0) is 44.2 Å². The number of thiophene rings is 1. The first kappa shape index (κ1) is 17.0. The van der Waals surface area contributed by atoms with Gasteiger partial charge in [-0.2, -0.15) is 0 Å². The van der Waals surface area contributed by atoms with Crippen molar-refractivity contribution in [3.63, 3.8) is 0 Å². The summed E-state index contributed by atoms with van der Waals surface area (Å²) < 4.78 is 0. The van der Waals surface area contributed by atoms with Crippen molar-refractivity contribution in [2.45, 2.75) is 13.3 Å². The number of amides is 1. The van der Waals surface area contributed by atoms with Crippen LogP contribution in [0, 0.1) is 6.92 Å². The first-order chi connectivity index (χ1) is 11.6. The molecule has 1 aromatic heterocycles. The zero-order chi connectivity index (χ0) is 16.9. The molecular weight excluding hydrogens is 318 g/mol. The summed E-state index contributed by atoms with van der Waals surface area (Å²) in [6, 6.07) is 12.4. The molecule has 1 aliphatic rings. The summed E-state index contributed by atoms with van der Waals surface area (Å²) in [5.41, 5.74) is 2.62. The van der Waals surface area contributed by atoms with Gasteiger partial charge in [0.1, 0.15) is 0 Å². The van der Waals surface area contributed by atoms with Crippen molar-refractivity contribution < 1.29 is 4.79 Å². The fourth-order valence-electron chi connectivity index (χ4n) is 3.03. The summed E-state index contributed by atoms with van der Waals surface area (Å²) in [7, 11) is 2.17. The Morgan fingerprint density at radius 3 is 2.58 bits per heavy atom. The number of rotatable bonds is 5. The predicted molar refractivity (Wildman–Crippen MR) is 101 cm³/mol. The maximum atomic E-state index is 12.2. The molecule has 1 N–H and O–H groups in total. The number of likely N-dealkylation sites (N-methyl/N-ethyl adjacent to an activating group) is 1. The second-order valence-electron chi connectivity index (χ2n) is 6.34. The van der Waals surface area contributed by atoms with Crippen molar-refractivity contribution in [2.75, 3.05) is 44.7 Å². The zero-order valence-electron chi connectivity index (χ0n) is 14.4. The molecule has 2 aromatic rings. The molecule has 0 atom stereocenters. The number of para-hydroxylation sites is 1. The van der Waals surface area contributed by atoms with Crippen LogP contribution in [0.4, 0.5) is 5.69 Å². The van der Waals surface area contributed by atoms with E-state index in [1.165, 1.54) is 16.1 Å². The smallest absolute Gasteiger partial charge is 0.261 e. The van der Waals surface area contributed by atoms with Gasteiger partial charge < -0.3 is 15.1 Å². The molecule has 0 bridgehead atoms. The molecule has 0 spiro atoms. The lowest BCUT2D eigenvalue weighted by Crippen LogP contribution is -2.44. The van der Waals surface area contributed by atoms with E-state index in [-0.39, 0.29) is 5.91 Å². The zero-order valence-corrected chi connectivity index (χ0v) is 15.2. The van der Waals surface area contributed by atoms with Gasteiger partial charge in [-0.3, -0.25) is 4.79 Å². The number of hydrogen-bond acceptors (Lipinski definition) is 4. The number of benzene rings is 1. The minimum atomic E-state index is 0.0326. The third kappa shape index (κ3) is 4.16. The van der Waals surface area contributed by atoms with E-state index in [1.54, 1.807) is 11.3 Å². The number of hydrogen-bond donors (Lipinski definition) is 1. The molecule has 1 amide bonds. The molecule has 0 radical (unpaired) electrons. The molecule has 1 saturated heterocycles. The Labute approximate surface area is 148 Å². The maximum absolute atomic E-state index is 12.2. The highest BCUT2D eigenvalue weighted by molar-refractivity contribution is 7.13. The third-order valence-corrected chi connectivity index (χ3v) is 5.48. The Morgan fingerprint density at radius 2 is 1.88 bits per heavy atom. The number of aryl methyl sites for hydroxylation is 1. The summed E-state index contributed by atoms with van der Waals surface area (Å²) in [5.74, 6) is 0.0326. The Kier molecular flexibility index (Phi) is 5.53. The van der Waals surface area contributed by atoms with E-state index >= 15 is 0 Å². The highest BCUT2D eigenvalue weighted by atomic mass is 32.1. The lowest BCUT2D eigenvalue weighted by molar-refractivity contribution is 0.0958. The number of anilines is 1. The van der Waals surface area contributed by atoms with E-state index in [0.717, 1.165) is 37.5 Å². The van der Waals surface area contributed by atoms with Gasteiger partial charge in [0, 0.05) is 43.3 Å². The topological polar surface area (TPSA) is 35.6 Å². The summed E-state index contributed by atoms with van der Waals surface area (Å²) in [6.45, 7) is 7.02. The summed E-state index contributed by atoms with van der Waals surface area (Å²) >= 11 is 1.54. The Bertz CT molecular complexity index is 689. The molecule has 128 valence electrons. The number of piperazine rings is 1. The summed E-state index contributed by atoms with van der Waals surface area (Å²) in [5, 5.41) is 3.04. The van der Waals surface area contributed by atoms with Gasteiger partial charge in [-0.25, -0.2) is 0 Å². The molecular formula is C19H25N3OS. The van der Waals surface area contributed by atoms with Gasteiger partial charge in [0.15, 0.2) is 0 Å². The van der Waals surface area contributed by atoms with Crippen LogP contribution in [-0.4, -0.2) is 50.6 Å². The first-order valence-electron chi connectivity index (χ1n) is 8.49. The minimum Gasteiger partial charge on any atom is -0.369 e. The highest BCUT2D eigenvalue weighted by Gasteiger charge is 2.16.